The van der Waals surface area contributed by atoms with Gasteiger partial charge in [-0.25, -0.2) is 0 Å². The van der Waals surface area contributed by atoms with Crippen LogP contribution >= 0.6 is 11.3 Å². The maximum Gasteiger partial charge on any atom is 0.231 e. The van der Waals surface area contributed by atoms with E-state index in [0.29, 0.717) is 18.3 Å². The first-order valence-electron chi connectivity index (χ1n) is 10.3. The molecular formula is C22H28N4O2S. The van der Waals surface area contributed by atoms with Crippen LogP contribution in [0.25, 0.3) is 0 Å². The molecule has 4 heterocycles. The minimum Gasteiger partial charge on any atom is -0.348 e. The van der Waals surface area contributed by atoms with E-state index in [1.807, 2.05) is 6.92 Å². The third kappa shape index (κ3) is 4.51. The van der Waals surface area contributed by atoms with Gasteiger partial charge >= 0.3 is 0 Å². The largest absolute Gasteiger partial charge is 0.348 e. The minimum atomic E-state index is 0.197. The lowest BCUT2D eigenvalue weighted by Gasteiger charge is -2.30. The van der Waals surface area contributed by atoms with Crippen LogP contribution in [0.15, 0.2) is 28.1 Å². The van der Waals surface area contributed by atoms with E-state index in [2.05, 4.69) is 57.0 Å². The Labute approximate surface area is 175 Å². The van der Waals surface area contributed by atoms with E-state index in [-0.39, 0.29) is 11.7 Å². The minimum absolute atomic E-state index is 0.197. The molecule has 0 amide bonds. The Hall–Kier alpha value is -2.25. The second-order valence-corrected chi connectivity index (χ2v) is 8.98. The lowest BCUT2D eigenvalue weighted by Crippen LogP contribution is -2.38. The Balaban J connectivity index is 1.41. The predicted molar refractivity (Wildman–Crippen MR) is 114 cm³/mol. The van der Waals surface area contributed by atoms with Gasteiger partial charge in [-0.2, -0.15) is 4.98 Å². The van der Waals surface area contributed by atoms with Gasteiger partial charge < -0.3 is 9.09 Å². The van der Waals surface area contributed by atoms with Gasteiger partial charge in [-0.05, 0) is 64.1 Å². The molecule has 6 nitrogen and oxygen atoms in total. The van der Waals surface area contributed by atoms with Gasteiger partial charge in [0.1, 0.15) is 0 Å². The summed E-state index contributed by atoms with van der Waals surface area (Å²) in [4.78, 5) is 21.1. The first kappa shape index (κ1) is 20.0. The van der Waals surface area contributed by atoms with Gasteiger partial charge in [0.15, 0.2) is 11.6 Å². The SMILES string of the molecule is Cc1noc(C2CCCN(CC(=O)c3cc(C)n(CCc4cccs4)c3C)C2)n1. The van der Waals surface area contributed by atoms with Crippen molar-refractivity contribution in [2.24, 2.45) is 0 Å². The number of rotatable bonds is 7. The van der Waals surface area contributed by atoms with Crippen molar-refractivity contribution in [3.8, 4) is 0 Å². The molecule has 1 aliphatic rings. The van der Waals surface area contributed by atoms with Crippen LogP contribution in [0.2, 0.25) is 0 Å². The van der Waals surface area contributed by atoms with Crippen molar-refractivity contribution in [3.05, 3.63) is 57.1 Å². The number of thiophene rings is 1. The molecule has 0 bridgehead atoms. The number of aryl methyl sites for hydroxylation is 3. The summed E-state index contributed by atoms with van der Waals surface area (Å²) in [6.45, 7) is 9.08. The highest BCUT2D eigenvalue weighted by Gasteiger charge is 2.27. The second kappa shape index (κ2) is 8.63. The van der Waals surface area contributed by atoms with Crippen LogP contribution in [0.3, 0.4) is 0 Å². The number of nitrogens with zero attached hydrogens (tertiary/aromatic N) is 4. The number of likely N-dealkylation sites (tertiary alicyclic amines) is 1. The average molecular weight is 413 g/mol. The quantitative estimate of drug-likeness (QED) is 0.545. The summed E-state index contributed by atoms with van der Waals surface area (Å²) in [6.07, 6.45) is 3.07. The molecule has 154 valence electrons. The summed E-state index contributed by atoms with van der Waals surface area (Å²) in [5.41, 5.74) is 3.08. The molecule has 29 heavy (non-hydrogen) atoms. The van der Waals surface area contributed by atoms with Crippen molar-refractivity contribution in [2.45, 2.75) is 52.5 Å². The zero-order valence-corrected chi connectivity index (χ0v) is 18.2. The van der Waals surface area contributed by atoms with Crippen molar-refractivity contribution >= 4 is 17.1 Å². The molecule has 3 aromatic heterocycles. The van der Waals surface area contributed by atoms with E-state index in [1.54, 1.807) is 11.3 Å². The maximum atomic E-state index is 13.1. The van der Waals surface area contributed by atoms with Gasteiger partial charge in [0.05, 0.1) is 12.5 Å². The fourth-order valence-corrected chi connectivity index (χ4v) is 4.97. The lowest BCUT2D eigenvalue weighted by molar-refractivity contribution is 0.0898. The topological polar surface area (TPSA) is 64.2 Å². The fourth-order valence-electron chi connectivity index (χ4n) is 4.27. The van der Waals surface area contributed by atoms with Crippen LogP contribution in [-0.2, 0) is 13.0 Å². The Kier molecular flexibility index (Phi) is 5.96. The Morgan fingerprint density at radius 1 is 1.34 bits per heavy atom. The summed E-state index contributed by atoms with van der Waals surface area (Å²) in [5, 5.41) is 6.02. The first-order chi connectivity index (χ1) is 14.0. The number of piperidine rings is 1. The maximum absolute atomic E-state index is 13.1. The normalized spacial score (nSPS) is 17.7. The van der Waals surface area contributed by atoms with E-state index in [0.717, 1.165) is 55.8 Å². The standard InChI is InChI=1S/C22H28N4O2S/c1-15-12-20(16(2)26(15)10-8-19-7-5-11-29-19)21(27)14-25-9-4-6-18(13-25)22-23-17(3)24-28-22/h5,7,11-12,18H,4,6,8-10,13-14H2,1-3H3. The summed E-state index contributed by atoms with van der Waals surface area (Å²) >= 11 is 1.79. The molecule has 1 fully saturated rings. The predicted octanol–water partition coefficient (Wildman–Crippen LogP) is 4.16. The number of hydrogen-bond donors (Lipinski definition) is 0. The summed E-state index contributed by atoms with van der Waals surface area (Å²) in [6, 6.07) is 6.31. The molecule has 0 spiro atoms. The van der Waals surface area contributed by atoms with Crippen LogP contribution < -0.4 is 0 Å². The van der Waals surface area contributed by atoms with Crippen LogP contribution in [0, 0.1) is 20.8 Å². The molecule has 0 saturated carbocycles. The molecule has 0 aromatic carbocycles. The van der Waals surface area contributed by atoms with E-state index < -0.39 is 0 Å². The molecule has 0 N–H and O–H groups in total. The summed E-state index contributed by atoms with van der Waals surface area (Å²) in [5.74, 6) is 1.79. The summed E-state index contributed by atoms with van der Waals surface area (Å²) in [7, 11) is 0. The molecule has 1 atom stereocenters. The zero-order chi connectivity index (χ0) is 20.4. The Morgan fingerprint density at radius 2 is 2.21 bits per heavy atom. The highest BCUT2D eigenvalue weighted by atomic mass is 32.1. The third-order valence-corrected chi connectivity index (χ3v) is 6.74. The Bertz CT molecular complexity index is 973. The number of Topliss-reactive ketones (excluding diaryl/α,β-unsaturated/α-hetero) is 1. The monoisotopic (exact) mass is 412 g/mol. The van der Waals surface area contributed by atoms with Crippen LogP contribution in [-0.4, -0.2) is 45.0 Å². The molecule has 3 aromatic rings. The van der Waals surface area contributed by atoms with E-state index in [4.69, 9.17) is 4.52 Å². The second-order valence-electron chi connectivity index (χ2n) is 7.94. The van der Waals surface area contributed by atoms with Crippen LogP contribution in [0.5, 0.6) is 0 Å². The van der Waals surface area contributed by atoms with Gasteiger partial charge in [0.25, 0.3) is 0 Å². The molecular weight excluding hydrogens is 384 g/mol. The molecule has 0 radical (unpaired) electrons. The fraction of sp³-hybridized carbons (Fsp3) is 0.500. The van der Waals surface area contributed by atoms with Crippen molar-refractivity contribution in [1.82, 2.24) is 19.6 Å². The molecule has 7 heteroatoms. The number of carbonyl (C=O) groups is 1. The van der Waals surface area contributed by atoms with Gasteiger partial charge in [-0.1, -0.05) is 11.2 Å². The zero-order valence-electron chi connectivity index (χ0n) is 17.4. The highest BCUT2D eigenvalue weighted by Crippen LogP contribution is 2.26. The van der Waals surface area contributed by atoms with Crippen LogP contribution in [0.1, 0.15) is 57.1 Å². The number of carbonyl (C=O) groups excluding carboxylic acids is 1. The van der Waals surface area contributed by atoms with Gasteiger partial charge in [0.2, 0.25) is 5.89 Å². The average Bonchev–Trinajstić information content (AvgIpc) is 3.42. The summed E-state index contributed by atoms with van der Waals surface area (Å²) < 4.78 is 7.63. The van der Waals surface area contributed by atoms with Crippen molar-refractivity contribution in [2.75, 3.05) is 19.6 Å². The smallest absolute Gasteiger partial charge is 0.231 e. The van der Waals surface area contributed by atoms with E-state index >= 15 is 0 Å². The van der Waals surface area contributed by atoms with E-state index in [9.17, 15) is 4.79 Å². The Morgan fingerprint density at radius 3 is 2.93 bits per heavy atom. The van der Waals surface area contributed by atoms with Crippen molar-refractivity contribution in [3.63, 3.8) is 0 Å². The van der Waals surface area contributed by atoms with Gasteiger partial charge in [0, 0.05) is 34.9 Å². The lowest BCUT2D eigenvalue weighted by atomic mass is 9.97. The molecule has 1 aliphatic heterocycles. The highest BCUT2D eigenvalue weighted by molar-refractivity contribution is 7.09. The molecule has 1 unspecified atom stereocenters. The van der Waals surface area contributed by atoms with Crippen LogP contribution in [0.4, 0.5) is 0 Å². The first-order valence-corrected chi connectivity index (χ1v) is 11.1. The number of hydrogen-bond acceptors (Lipinski definition) is 6. The number of aromatic nitrogens is 3. The number of ketones is 1. The molecule has 1 saturated heterocycles. The third-order valence-electron chi connectivity index (χ3n) is 5.80. The molecule has 4 rings (SSSR count). The van der Waals surface area contributed by atoms with Crippen molar-refractivity contribution < 1.29 is 9.32 Å². The van der Waals surface area contributed by atoms with Crippen molar-refractivity contribution in [1.29, 1.82) is 0 Å². The van der Waals surface area contributed by atoms with Gasteiger partial charge in [-0.15, -0.1) is 11.3 Å². The van der Waals surface area contributed by atoms with Gasteiger partial charge in [-0.3, -0.25) is 9.69 Å². The van der Waals surface area contributed by atoms with E-state index in [1.165, 1.54) is 4.88 Å². The molecule has 0 aliphatic carbocycles.